The fourth-order valence-corrected chi connectivity index (χ4v) is 9.07. The predicted octanol–water partition coefficient (Wildman–Crippen LogP) is 11.6. The van der Waals surface area contributed by atoms with Gasteiger partial charge in [-0.05, 0) is 91.3 Å². The Morgan fingerprint density at radius 2 is 0.836 bits per heavy atom. The summed E-state index contributed by atoms with van der Waals surface area (Å²) < 4.78 is 45.7. The normalized spacial score (nSPS) is 12.2. The fraction of sp³-hybridized carbons (Fsp3) is 0.193. The Kier molecular flexibility index (Phi) is 13.6. The van der Waals surface area contributed by atoms with E-state index < -0.39 is 11.6 Å². The Bertz CT molecular complexity index is 2950. The fourth-order valence-electron chi connectivity index (χ4n) is 9.07. The summed E-state index contributed by atoms with van der Waals surface area (Å²) in [5.41, 5.74) is 8.01. The first-order valence-corrected chi connectivity index (χ1v) is 22.3. The van der Waals surface area contributed by atoms with Crippen molar-refractivity contribution in [1.82, 2.24) is 0 Å². The zero-order chi connectivity index (χ0) is 46.0. The van der Waals surface area contributed by atoms with Gasteiger partial charge in [-0.15, -0.1) is 0 Å². The maximum absolute atomic E-state index is 12.7. The maximum atomic E-state index is 12.7. The highest BCUT2D eigenvalue weighted by molar-refractivity contribution is 6.09. The van der Waals surface area contributed by atoms with Gasteiger partial charge in [0, 0.05) is 25.2 Å². The monoisotopic (exact) mass is 894 g/mol. The Balaban J connectivity index is 0.839. The summed E-state index contributed by atoms with van der Waals surface area (Å²) in [6.07, 6.45) is -0.814. The zero-order valence-electron chi connectivity index (χ0n) is 37.4. The third kappa shape index (κ3) is 9.34. The number of rotatable bonds is 19. The summed E-state index contributed by atoms with van der Waals surface area (Å²) in [7, 11) is 1.65. The maximum Gasteiger partial charge on any atom is 0.508 e. The van der Waals surface area contributed by atoms with E-state index in [1.807, 2.05) is 66.7 Å². The van der Waals surface area contributed by atoms with Crippen molar-refractivity contribution in [3.63, 3.8) is 0 Å². The molecule has 0 unspecified atom stereocenters. The highest BCUT2D eigenvalue weighted by atomic mass is 16.7. The van der Waals surface area contributed by atoms with Crippen molar-refractivity contribution in [3.05, 3.63) is 192 Å². The minimum Gasteiger partial charge on any atom is -0.491 e. The van der Waals surface area contributed by atoms with Crippen LogP contribution in [-0.2, 0) is 29.2 Å². The molecule has 0 bridgehead atoms. The Morgan fingerprint density at radius 3 is 1.31 bits per heavy atom. The van der Waals surface area contributed by atoms with Gasteiger partial charge in [0.2, 0.25) is 0 Å². The highest BCUT2D eigenvalue weighted by Gasteiger charge is 2.45. The molecule has 0 atom stereocenters. The number of carbonyl (C=O) groups excluding carboxylic acids is 2. The number of fused-ring (bicyclic) bond motifs is 5. The van der Waals surface area contributed by atoms with E-state index in [4.69, 9.17) is 37.9 Å². The summed E-state index contributed by atoms with van der Waals surface area (Å²) >= 11 is 0. The molecule has 338 valence electrons. The zero-order valence-corrected chi connectivity index (χ0v) is 37.4. The molecule has 10 heteroatoms. The van der Waals surface area contributed by atoms with Gasteiger partial charge < -0.3 is 37.9 Å². The van der Waals surface area contributed by atoms with Crippen molar-refractivity contribution in [3.8, 4) is 45.3 Å². The summed E-state index contributed by atoms with van der Waals surface area (Å²) in [5, 5.41) is 4.15. The second-order valence-corrected chi connectivity index (χ2v) is 15.9. The number of benzene rings is 8. The van der Waals surface area contributed by atoms with Gasteiger partial charge in [0.25, 0.3) is 0 Å². The van der Waals surface area contributed by atoms with E-state index in [-0.39, 0.29) is 45.6 Å². The first-order chi connectivity index (χ1) is 32.9. The molecule has 0 aliphatic heterocycles. The molecule has 0 N–H and O–H groups in total. The predicted molar refractivity (Wildman–Crippen MR) is 258 cm³/mol. The van der Waals surface area contributed by atoms with Gasteiger partial charge in [-0.2, -0.15) is 0 Å². The molecule has 10 nitrogen and oxygen atoms in total. The SMILES string of the molecule is COCCOc1ccc2ccccc2c1-c1c(OCCOC(=O)OCCOc2ccc(C3(c4ccc(OCCOC(C)=O)cc4)c4ccccc4-c4ccccc43)cc2)ccc2ccccc12. The number of ether oxygens (including phenoxy) is 8. The molecule has 1 aliphatic rings. The molecule has 0 saturated carbocycles. The second kappa shape index (κ2) is 20.6. The molecule has 67 heavy (non-hydrogen) atoms. The summed E-state index contributed by atoms with van der Waals surface area (Å²) in [4.78, 5) is 23.9. The average Bonchev–Trinajstić information content (AvgIpc) is 3.67. The molecule has 8 aromatic rings. The Hall–Kier alpha value is -7.82. The lowest BCUT2D eigenvalue weighted by molar-refractivity contribution is -0.141. The van der Waals surface area contributed by atoms with E-state index in [2.05, 4.69) is 103 Å². The van der Waals surface area contributed by atoms with E-state index >= 15 is 0 Å². The molecule has 0 spiro atoms. The van der Waals surface area contributed by atoms with Crippen LogP contribution in [-0.4, -0.2) is 72.1 Å². The molecule has 0 aromatic heterocycles. The number of esters is 1. The van der Waals surface area contributed by atoms with Gasteiger partial charge in [-0.25, -0.2) is 4.79 Å². The topological polar surface area (TPSA) is 108 Å². The number of carbonyl (C=O) groups is 2. The van der Waals surface area contributed by atoms with Crippen LogP contribution in [0.15, 0.2) is 170 Å². The molecule has 0 saturated heterocycles. The molecule has 0 fully saturated rings. The van der Waals surface area contributed by atoms with Crippen LogP contribution in [0, 0.1) is 0 Å². The van der Waals surface area contributed by atoms with Crippen molar-refractivity contribution >= 4 is 33.7 Å². The van der Waals surface area contributed by atoms with Crippen LogP contribution >= 0.6 is 0 Å². The van der Waals surface area contributed by atoms with Crippen LogP contribution in [0.25, 0.3) is 43.8 Å². The van der Waals surface area contributed by atoms with Crippen molar-refractivity contribution in [2.45, 2.75) is 12.3 Å². The average molecular weight is 895 g/mol. The van der Waals surface area contributed by atoms with Gasteiger partial charge in [0.1, 0.15) is 69.2 Å². The van der Waals surface area contributed by atoms with E-state index in [1.54, 1.807) is 7.11 Å². The smallest absolute Gasteiger partial charge is 0.491 e. The molecular formula is C57H50O10. The first kappa shape index (κ1) is 44.4. The van der Waals surface area contributed by atoms with Crippen molar-refractivity contribution < 1.29 is 47.5 Å². The molecule has 9 rings (SSSR count). The lowest BCUT2D eigenvalue weighted by Gasteiger charge is -2.34. The lowest BCUT2D eigenvalue weighted by Crippen LogP contribution is -2.28. The molecular weight excluding hydrogens is 845 g/mol. The molecule has 8 aromatic carbocycles. The van der Waals surface area contributed by atoms with Crippen molar-refractivity contribution in [2.24, 2.45) is 0 Å². The molecule has 0 amide bonds. The molecule has 1 aliphatic carbocycles. The van der Waals surface area contributed by atoms with E-state index in [9.17, 15) is 9.59 Å². The summed E-state index contributed by atoms with van der Waals surface area (Å²) in [6, 6.07) is 57.5. The van der Waals surface area contributed by atoms with E-state index in [0.717, 1.165) is 43.8 Å². The van der Waals surface area contributed by atoms with Crippen molar-refractivity contribution in [2.75, 3.05) is 60.0 Å². The van der Waals surface area contributed by atoms with Gasteiger partial charge in [-0.3, -0.25) is 4.79 Å². The largest absolute Gasteiger partial charge is 0.508 e. The van der Waals surface area contributed by atoms with Gasteiger partial charge in [0.15, 0.2) is 0 Å². The standard InChI is InChI=1S/C57H50O10/c1-39(58)61-33-34-62-44-25-21-42(22-26-44)57(50-17-9-7-15-48(50)49-16-8-10-18-51(49)57)43-23-27-45(28-24-43)63-35-37-66-56(59)67-38-36-65-53-30-20-41-12-4-6-14-47(41)55(53)54-46-13-5-3-11-40(46)19-29-52(54)64-32-31-60-2/h3-30H,31-38H2,1-2H3. The minimum atomic E-state index is -0.814. The Morgan fingerprint density at radius 1 is 0.418 bits per heavy atom. The molecule has 0 heterocycles. The van der Waals surface area contributed by atoms with Crippen LogP contribution in [0.1, 0.15) is 29.2 Å². The van der Waals surface area contributed by atoms with E-state index in [1.165, 1.54) is 29.2 Å². The van der Waals surface area contributed by atoms with Gasteiger partial charge >= 0.3 is 12.1 Å². The lowest BCUT2D eigenvalue weighted by atomic mass is 9.68. The molecule has 0 radical (unpaired) electrons. The van der Waals surface area contributed by atoms with Crippen LogP contribution < -0.4 is 18.9 Å². The van der Waals surface area contributed by atoms with Crippen molar-refractivity contribution in [1.29, 1.82) is 0 Å². The van der Waals surface area contributed by atoms with Crippen LogP contribution in [0.4, 0.5) is 4.79 Å². The second-order valence-electron chi connectivity index (χ2n) is 15.9. The van der Waals surface area contributed by atoms with E-state index in [0.29, 0.717) is 36.2 Å². The van der Waals surface area contributed by atoms with Crippen LogP contribution in [0.5, 0.6) is 23.0 Å². The Labute approximate surface area is 389 Å². The quantitative estimate of drug-likeness (QED) is 0.0575. The number of hydrogen-bond donors (Lipinski definition) is 0. The summed E-state index contributed by atoms with van der Waals surface area (Å²) in [6.45, 7) is 2.83. The highest BCUT2D eigenvalue weighted by Crippen LogP contribution is 2.56. The third-order valence-corrected chi connectivity index (χ3v) is 11.9. The third-order valence-electron chi connectivity index (χ3n) is 11.9. The first-order valence-electron chi connectivity index (χ1n) is 22.3. The minimum absolute atomic E-state index is 0.0107. The number of methoxy groups -OCH3 is 1. The van der Waals surface area contributed by atoms with Gasteiger partial charge in [-0.1, -0.05) is 133 Å². The van der Waals surface area contributed by atoms with Crippen LogP contribution in [0.3, 0.4) is 0 Å². The van der Waals surface area contributed by atoms with Gasteiger partial charge in [0.05, 0.1) is 12.0 Å². The number of hydrogen-bond acceptors (Lipinski definition) is 10. The van der Waals surface area contributed by atoms with Crippen LogP contribution in [0.2, 0.25) is 0 Å². The summed E-state index contributed by atoms with van der Waals surface area (Å²) in [5.74, 6) is 2.32.